The van der Waals surface area contributed by atoms with Gasteiger partial charge < -0.3 is 5.73 Å². The van der Waals surface area contributed by atoms with Crippen molar-refractivity contribution in [3.63, 3.8) is 0 Å². The molecule has 0 bridgehead atoms. The first kappa shape index (κ1) is 33.7. The fourth-order valence-corrected chi connectivity index (χ4v) is 7.94. The zero-order valence-electron chi connectivity index (χ0n) is 26.5. The number of alkyl halides is 4. The molecule has 262 valence electrons. The summed E-state index contributed by atoms with van der Waals surface area (Å²) in [5.41, 5.74) is 5.99. The van der Waals surface area contributed by atoms with Gasteiger partial charge in [0, 0.05) is 54.1 Å². The molecule has 50 heavy (non-hydrogen) atoms. The topological polar surface area (TPSA) is 139 Å². The van der Waals surface area contributed by atoms with Crippen LogP contribution in [0.5, 0.6) is 0 Å². The van der Waals surface area contributed by atoms with Crippen molar-refractivity contribution in [3.8, 4) is 11.3 Å². The number of hydrogen-bond acceptors (Lipinski definition) is 8. The molecule has 0 saturated heterocycles. The van der Waals surface area contributed by atoms with E-state index >= 15 is 8.78 Å². The number of nitrogens with zero attached hydrogens (tertiary/aromatic N) is 6. The molecular formula is C33H29F6N7O3S. The van der Waals surface area contributed by atoms with E-state index < -0.39 is 81.7 Å². The van der Waals surface area contributed by atoms with E-state index in [9.17, 15) is 30.8 Å². The Hall–Kier alpha value is -4.80. The van der Waals surface area contributed by atoms with Gasteiger partial charge in [-0.25, -0.2) is 31.0 Å². The smallest absolute Gasteiger partial charge is 0.293 e. The lowest BCUT2D eigenvalue weighted by molar-refractivity contribution is -0.120. The number of benzene rings is 2. The van der Waals surface area contributed by atoms with Crippen LogP contribution >= 0.6 is 0 Å². The van der Waals surface area contributed by atoms with Gasteiger partial charge in [0.25, 0.3) is 12.3 Å². The number of carbonyl (C=O) groups is 1. The van der Waals surface area contributed by atoms with Crippen LogP contribution in [-0.4, -0.2) is 50.0 Å². The lowest BCUT2D eigenvalue weighted by Gasteiger charge is -2.21. The molecule has 1 saturated carbocycles. The number of hydrogen-bond donors (Lipinski definition) is 1. The maximum atomic E-state index is 15.2. The molecule has 1 unspecified atom stereocenters. The molecule has 0 amide bonds. The number of para-hydroxylation sites is 1. The summed E-state index contributed by atoms with van der Waals surface area (Å²) in [5, 5.41) is 8.64. The van der Waals surface area contributed by atoms with Gasteiger partial charge in [0.05, 0.1) is 34.5 Å². The van der Waals surface area contributed by atoms with Gasteiger partial charge in [-0.2, -0.15) is 19.0 Å². The highest BCUT2D eigenvalue weighted by Crippen LogP contribution is 2.68. The number of aryl methyl sites for hydroxylation is 1. The summed E-state index contributed by atoms with van der Waals surface area (Å²) in [6, 6.07) is 7.82. The maximum Gasteiger partial charge on any atom is 0.293 e. The van der Waals surface area contributed by atoms with Crippen molar-refractivity contribution in [1.29, 1.82) is 0 Å². The Labute approximate surface area is 281 Å². The first-order valence-corrected chi connectivity index (χ1v) is 17.6. The van der Waals surface area contributed by atoms with E-state index in [2.05, 4.69) is 20.2 Å². The van der Waals surface area contributed by atoms with E-state index in [0.29, 0.717) is 27.2 Å². The second-order valence-electron chi connectivity index (χ2n) is 13.0. The SMILES string of the molecule is Cn1nc(CS(C)(=O)=O)c2cccc(-c3nc(N)cnc3C(CC(=O)Cn3nc(C(F)F)c4c3C(F)(F)[C@@H]3C[C@H]43)Cc3cc(F)cc(F)c3)c21. The molecule has 2 aromatic carbocycles. The monoisotopic (exact) mass is 717 g/mol. The largest absolute Gasteiger partial charge is 0.382 e. The van der Waals surface area contributed by atoms with Crippen LogP contribution in [0.25, 0.3) is 22.2 Å². The highest BCUT2D eigenvalue weighted by atomic mass is 32.2. The second-order valence-corrected chi connectivity index (χ2v) is 15.1. The Balaban J connectivity index is 1.31. The van der Waals surface area contributed by atoms with Crippen LogP contribution in [0.1, 0.15) is 65.0 Å². The molecule has 5 aromatic rings. The summed E-state index contributed by atoms with van der Waals surface area (Å²) in [6.07, 6.45) is -1.38. The first-order chi connectivity index (χ1) is 23.5. The van der Waals surface area contributed by atoms with Gasteiger partial charge in [-0.1, -0.05) is 18.2 Å². The Morgan fingerprint density at radius 3 is 2.50 bits per heavy atom. The standard InChI is InChI=1S/C33H29F6N7O3S/c1-45-30-20(24(43-45)14-50(2,48)49)4-3-5-21(30)28-27(41-12-25(40)42-28)16(6-15-7-17(34)10-18(35)8-15)9-19(47)13-46-31-26(29(44-46)32(36)37)22-11-23(22)33(31,38)39/h3-5,7-8,10,12,16,22-23,32H,6,9,11,13-14H2,1-2H3,(H2,40,42)/t16?,22-,23+/m0/s1. The molecule has 3 heterocycles. The Kier molecular flexibility index (Phi) is 8.03. The third-order valence-electron chi connectivity index (χ3n) is 9.17. The molecule has 0 aliphatic heterocycles. The molecule has 2 N–H and O–H groups in total. The van der Waals surface area contributed by atoms with Gasteiger partial charge in [0.2, 0.25) is 0 Å². The van der Waals surface area contributed by atoms with Crippen molar-refractivity contribution < 1.29 is 39.6 Å². The minimum absolute atomic E-state index is 0.0198. The number of Topliss-reactive ketones (excluding diaryl/α,β-unsaturated/α-hetero) is 1. The number of nitrogen functional groups attached to an aromatic ring is 1. The number of ketones is 1. The molecule has 3 atom stereocenters. The maximum absolute atomic E-state index is 15.2. The van der Waals surface area contributed by atoms with Crippen LogP contribution < -0.4 is 5.73 Å². The fraction of sp³-hybridized carbons (Fsp3) is 0.364. The summed E-state index contributed by atoms with van der Waals surface area (Å²) < 4.78 is 113. The molecule has 10 nitrogen and oxygen atoms in total. The predicted octanol–water partition coefficient (Wildman–Crippen LogP) is 5.76. The summed E-state index contributed by atoms with van der Waals surface area (Å²) >= 11 is 0. The van der Waals surface area contributed by atoms with Crippen LogP contribution in [0.3, 0.4) is 0 Å². The highest BCUT2D eigenvalue weighted by molar-refractivity contribution is 7.89. The molecule has 3 aromatic heterocycles. The van der Waals surface area contributed by atoms with Gasteiger partial charge in [-0.05, 0) is 36.5 Å². The normalized spacial score (nSPS) is 18.4. The lowest BCUT2D eigenvalue weighted by atomic mass is 9.88. The quantitative estimate of drug-likeness (QED) is 0.170. The molecule has 2 aliphatic carbocycles. The van der Waals surface area contributed by atoms with Gasteiger partial charge >= 0.3 is 0 Å². The number of fused-ring (bicyclic) bond motifs is 4. The summed E-state index contributed by atoms with van der Waals surface area (Å²) in [7, 11) is -1.87. The molecule has 0 radical (unpaired) electrons. The molecule has 7 rings (SSSR count). The van der Waals surface area contributed by atoms with Crippen molar-refractivity contribution in [2.45, 2.75) is 55.7 Å². The van der Waals surface area contributed by atoms with Crippen LogP contribution in [0.2, 0.25) is 0 Å². The molecule has 17 heteroatoms. The molecule has 0 spiro atoms. The summed E-state index contributed by atoms with van der Waals surface area (Å²) in [4.78, 5) is 22.7. The van der Waals surface area contributed by atoms with Gasteiger partial charge in [0.1, 0.15) is 35.4 Å². The third kappa shape index (κ3) is 6.00. The second kappa shape index (κ2) is 11.9. The van der Waals surface area contributed by atoms with Crippen LogP contribution in [0.4, 0.5) is 32.2 Å². The van der Waals surface area contributed by atoms with E-state index in [1.165, 1.54) is 10.9 Å². The Bertz CT molecular complexity index is 2290. The van der Waals surface area contributed by atoms with Crippen molar-refractivity contribution in [3.05, 3.63) is 88.1 Å². The van der Waals surface area contributed by atoms with E-state index in [-0.39, 0.29) is 52.6 Å². The first-order valence-electron chi connectivity index (χ1n) is 15.5. The van der Waals surface area contributed by atoms with Crippen molar-refractivity contribution in [1.82, 2.24) is 29.5 Å². The number of anilines is 1. The lowest BCUT2D eigenvalue weighted by Crippen LogP contribution is -2.24. The number of nitrogens with two attached hydrogens (primary N) is 1. The van der Waals surface area contributed by atoms with E-state index in [1.807, 2.05) is 0 Å². The third-order valence-corrected chi connectivity index (χ3v) is 9.97. The van der Waals surface area contributed by atoms with Gasteiger partial charge in [-0.15, -0.1) is 0 Å². The molecular weight excluding hydrogens is 688 g/mol. The number of rotatable bonds is 11. The molecule has 1 fully saturated rings. The van der Waals surface area contributed by atoms with Crippen molar-refractivity contribution >= 4 is 32.3 Å². The van der Waals surface area contributed by atoms with Crippen LogP contribution in [0.15, 0.2) is 42.6 Å². The zero-order chi connectivity index (χ0) is 35.9. The minimum Gasteiger partial charge on any atom is -0.382 e. The van der Waals surface area contributed by atoms with Crippen LogP contribution in [-0.2, 0) is 46.3 Å². The summed E-state index contributed by atoms with van der Waals surface area (Å²) in [6.45, 7) is -0.762. The van der Waals surface area contributed by atoms with E-state index in [4.69, 9.17) is 5.73 Å². The number of sulfone groups is 1. The predicted molar refractivity (Wildman–Crippen MR) is 169 cm³/mol. The Morgan fingerprint density at radius 2 is 1.82 bits per heavy atom. The van der Waals surface area contributed by atoms with Crippen LogP contribution in [0, 0.1) is 17.6 Å². The van der Waals surface area contributed by atoms with Gasteiger partial charge in [0.15, 0.2) is 15.6 Å². The zero-order valence-corrected chi connectivity index (χ0v) is 27.4. The Morgan fingerprint density at radius 1 is 1.10 bits per heavy atom. The number of halogens is 6. The van der Waals surface area contributed by atoms with Crippen molar-refractivity contribution in [2.75, 3.05) is 12.0 Å². The average Bonchev–Trinajstić information content (AvgIpc) is 3.56. The van der Waals surface area contributed by atoms with E-state index in [1.54, 1.807) is 25.2 Å². The van der Waals surface area contributed by atoms with E-state index in [0.717, 1.165) is 18.4 Å². The van der Waals surface area contributed by atoms with Gasteiger partial charge in [-0.3, -0.25) is 19.1 Å². The highest BCUT2D eigenvalue weighted by Gasteiger charge is 2.67. The average molecular weight is 718 g/mol. The fourth-order valence-electron chi connectivity index (χ4n) is 7.23. The number of carbonyl (C=O) groups excluding carboxylic acids is 1. The van der Waals surface area contributed by atoms with Crippen molar-refractivity contribution in [2.24, 2.45) is 13.0 Å². The summed E-state index contributed by atoms with van der Waals surface area (Å²) in [5.74, 6) is -9.10. The number of aromatic nitrogens is 6. The minimum atomic E-state index is -3.48. The molecule has 2 aliphatic rings.